The van der Waals surface area contributed by atoms with E-state index in [0.717, 1.165) is 5.56 Å². The molecule has 4 heteroatoms. The number of halogens is 1. The molecule has 0 aromatic heterocycles. The number of hydrogen-bond donors (Lipinski definition) is 1. The highest BCUT2D eigenvalue weighted by atomic mass is 19.1. The Kier molecular flexibility index (Phi) is 5.09. The summed E-state index contributed by atoms with van der Waals surface area (Å²) in [6.07, 6.45) is -0.395. The van der Waals surface area contributed by atoms with Gasteiger partial charge in [0.25, 0.3) is 0 Å². The highest BCUT2D eigenvalue weighted by molar-refractivity contribution is 5.73. The van der Waals surface area contributed by atoms with E-state index < -0.39 is 18.2 Å². The summed E-state index contributed by atoms with van der Waals surface area (Å²) >= 11 is 0. The van der Waals surface area contributed by atoms with E-state index in [1.807, 2.05) is 48.5 Å². The number of aliphatic carboxylic acids is 1. The summed E-state index contributed by atoms with van der Waals surface area (Å²) in [5.41, 5.74) is 2.10. The first-order chi connectivity index (χ1) is 12.1. The van der Waals surface area contributed by atoms with Crippen LogP contribution in [0.25, 0.3) is 11.1 Å². The topological polar surface area (TPSA) is 46.5 Å². The van der Waals surface area contributed by atoms with Gasteiger partial charge >= 0.3 is 5.97 Å². The second-order valence-corrected chi connectivity index (χ2v) is 5.65. The van der Waals surface area contributed by atoms with Crippen LogP contribution >= 0.6 is 0 Å². The third-order valence-corrected chi connectivity index (χ3v) is 3.80. The van der Waals surface area contributed by atoms with Crippen LogP contribution in [0.1, 0.15) is 11.1 Å². The minimum Gasteiger partial charge on any atom is -0.489 e. The molecule has 0 aliphatic carbocycles. The zero-order chi connectivity index (χ0) is 17.6. The summed E-state index contributed by atoms with van der Waals surface area (Å²) in [6, 6.07) is 21.7. The van der Waals surface area contributed by atoms with Crippen LogP contribution in [0.4, 0.5) is 4.39 Å². The van der Waals surface area contributed by atoms with Gasteiger partial charge in [0.15, 0.2) is 0 Å². The molecule has 0 unspecified atom stereocenters. The van der Waals surface area contributed by atoms with Crippen molar-refractivity contribution in [2.75, 3.05) is 0 Å². The molecular weight excluding hydrogens is 319 g/mol. The van der Waals surface area contributed by atoms with Gasteiger partial charge in [-0.1, -0.05) is 60.7 Å². The fourth-order valence-corrected chi connectivity index (χ4v) is 2.60. The molecule has 3 aromatic carbocycles. The van der Waals surface area contributed by atoms with Gasteiger partial charge in [0.05, 0.1) is 6.42 Å². The van der Waals surface area contributed by atoms with E-state index in [1.54, 1.807) is 18.2 Å². The third kappa shape index (κ3) is 4.23. The molecule has 0 fully saturated rings. The van der Waals surface area contributed by atoms with Gasteiger partial charge in [-0.2, -0.15) is 0 Å². The normalized spacial score (nSPS) is 10.4. The molecule has 0 atom stereocenters. The van der Waals surface area contributed by atoms with Crippen LogP contribution < -0.4 is 4.74 Å². The largest absolute Gasteiger partial charge is 0.489 e. The van der Waals surface area contributed by atoms with Crippen molar-refractivity contribution in [3.63, 3.8) is 0 Å². The summed E-state index contributed by atoms with van der Waals surface area (Å²) in [7, 11) is 0. The highest BCUT2D eigenvalue weighted by Gasteiger charge is 2.15. The highest BCUT2D eigenvalue weighted by Crippen LogP contribution is 2.30. The molecule has 3 aromatic rings. The monoisotopic (exact) mass is 336 g/mol. The van der Waals surface area contributed by atoms with Crippen molar-refractivity contribution < 1.29 is 19.0 Å². The number of carboxylic acids is 1. The molecule has 126 valence electrons. The van der Waals surface area contributed by atoms with Crippen molar-refractivity contribution in [3.8, 4) is 16.9 Å². The van der Waals surface area contributed by atoms with E-state index in [1.165, 1.54) is 6.07 Å². The van der Waals surface area contributed by atoms with Crippen molar-refractivity contribution >= 4 is 5.97 Å². The fourth-order valence-electron chi connectivity index (χ4n) is 2.60. The lowest BCUT2D eigenvalue weighted by atomic mass is 10.00. The average Bonchev–Trinajstić information content (AvgIpc) is 2.63. The quantitative estimate of drug-likeness (QED) is 0.710. The summed E-state index contributed by atoms with van der Waals surface area (Å²) < 4.78 is 20.5. The molecule has 0 aliphatic heterocycles. The molecular formula is C21H17FO3. The number of carboxylic acid groups (broad SMARTS) is 1. The van der Waals surface area contributed by atoms with Crippen LogP contribution in [0, 0.1) is 5.82 Å². The molecule has 25 heavy (non-hydrogen) atoms. The average molecular weight is 336 g/mol. The van der Waals surface area contributed by atoms with E-state index in [2.05, 4.69) is 0 Å². The predicted molar refractivity (Wildman–Crippen MR) is 93.9 cm³/mol. The van der Waals surface area contributed by atoms with Gasteiger partial charge in [0, 0.05) is 11.1 Å². The van der Waals surface area contributed by atoms with Crippen LogP contribution in [0.5, 0.6) is 5.75 Å². The smallest absolute Gasteiger partial charge is 0.307 e. The first-order valence-electron chi connectivity index (χ1n) is 7.90. The van der Waals surface area contributed by atoms with Crippen molar-refractivity contribution in [2.45, 2.75) is 13.0 Å². The first-order valence-corrected chi connectivity index (χ1v) is 7.90. The molecule has 3 nitrogen and oxygen atoms in total. The van der Waals surface area contributed by atoms with E-state index in [0.29, 0.717) is 23.5 Å². The van der Waals surface area contributed by atoms with Crippen LogP contribution in [0.15, 0.2) is 72.8 Å². The fraction of sp³-hybridized carbons (Fsp3) is 0.0952. The summed E-state index contributed by atoms with van der Waals surface area (Å²) in [4.78, 5) is 11.1. The molecule has 3 rings (SSSR count). The Bertz CT molecular complexity index is 861. The summed E-state index contributed by atoms with van der Waals surface area (Å²) in [5, 5.41) is 9.04. The number of hydrogen-bond acceptors (Lipinski definition) is 2. The van der Waals surface area contributed by atoms with Gasteiger partial charge in [-0.15, -0.1) is 0 Å². The molecule has 0 saturated carbocycles. The Morgan fingerprint density at radius 2 is 1.60 bits per heavy atom. The number of ether oxygens (including phenoxy) is 1. The Hall–Kier alpha value is -3.14. The minimum absolute atomic E-state index is 0.108. The van der Waals surface area contributed by atoms with Gasteiger partial charge in [0.1, 0.15) is 18.2 Å². The third-order valence-electron chi connectivity index (χ3n) is 3.80. The van der Waals surface area contributed by atoms with Gasteiger partial charge in [0.2, 0.25) is 0 Å². The molecule has 0 amide bonds. The van der Waals surface area contributed by atoms with E-state index in [-0.39, 0.29) is 5.56 Å². The van der Waals surface area contributed by atoms with Gasteiger partial charge in [-0.3, -0.25) is 4.79 Å². The second kappa shape index (κ2) is 7.62. The van der Waals surface area contributed by atoms with Crippen molar-refractivity contribution in [2.24, 2.45) is 0 Å². The Morgan fingerprint density at radius 1 is 0.960 bits per heavy atom. The molecule has 0 spiro atoms. The van der Waals surface area contributed by atoms with Crippen molar-refractivity contribution in [3.05, 3.63) is 89.7 Å². The predicted octanol–water partition coefficient (Wildman–Crippen LogP) is 4.70. The molecule has 0 heterocycles. The number of benzene rings is 3. The van der Waals surface area contributed by atoms with Crippen LogP contribution in [0.2, 0.25) is 0 Å². The lowest BCUT2D eigenvalue weighted by Crippen LogP contribution is -2.05. The van der Waals surface area contributed by atoms with Gasteiger partial charge < -0.3 is 9.84 Å². The molecule has 0 bridgehead atoms. The van der Waals surface area contributed by atoms with Crippen LogP contribution in [-0.4, -0.2) is 11.1 Å². The summed E-state index contributed by atoms with van der Waals surface area (Å²) in [6.45, 7) is 0.327. The summed E-state index contributed by atoms with van der Waals surface area (Å²) in [5.74, 6) is -1.17. The molecule has 1 N–H and O–H groups in total. The number of rotatable bonds is 6. The van der Waals surface area contributed by atoms with E-state index in [4.69, 9.17) is 9.84 Å². The molecule has 0 saturated heterocycles. The van der Waals surface area contributed by atoms with Crippen LogP contribution in [0.3, 0.4) is 0 Å². The molecule has 0 aliphatic rings. The maximum atomic E-state index is 14.7. The zero-order valence-corrected chi connectivity index (χ0v) is 13.5. The van der Waals surface area contributed by atoms with Gasteiger partial charge in [-0.05, 0) is 23.3 Å². The Balaban J connectivity index is 1.95. The van der Waals surface area contributed by atoms with Crippen molar-refractivity contribution in [1.29, 1.82) is 0 Å². The van der Waals surface area contributed by atoms with Crippen LogP contribution in [-0.2, 0) is 17.8 Å². The van der Waals surface area contributed by atoms with Crippen molar-refractivity contribution in [1.82, 2.24) is 0 Å². The Morgan fingerprint density at radius 3 is 2.24 bits per heavy atom. The number of carbonyl (C=O) groups is 1. The lowest BCUT2D eigenvalue weighted by molar-refractivity contribution is -0.136. The maximum absolute atomic E-state index is 14.7. The first kappa shape index (κ1) is 16.7. The zero-order valence-electron chi connectivity index (χ0n) is 13.5. The second-order valence-electron chi connectivity index (χ2n) is 5.65. The Labute approximate surface area is 145 Å². The standard InChI is InChI=1S/C21H17FO3/c22-21-17(12-20(23)24)11-18(25-14-15-7-3-1-4-8-15)13-19(21)16-9-5-2-6-10-16/h1-11,13H,12,14H2,(H,23,24). The van der Waals surface area contributed by atoms with E-state index in [9.17, 15) is 9.18 Å². The minimum atomic E-state index is -1.09. The van der Waals surface area contributed by atoms with E-state index >= 15 is 0 Å². The maximum Gasteiger partial charge on any atom is 0.307 e. The van der Waals surface area contributed by atoms with Gasteiger partial charge in [-0.25, -0.2) is 4.39 Å². The SMILES string of the molecule is O=C(O)Cc1cc(OCc2ccccc2)cc(-c2ccccc2)c1F. The molecule has 0 radical (unpaired) electrons. The lowest BCUT2D eigenvalue weighted by Gasteiger charge is -2.13.